The average molecular weight is 374 g/mol. The van der Waals surface area contributed by atoms with Crippen molar-refractivity contribution in [3.8, 4) is 22.3 Å². The van der Waals surface area contributed by atoms with Gasteiger partial charge in [-0.25, -0.2) is 4.79 Å². The Kier molecular flexibility index (Phi) is 5.22. The minimum Gasteiger partial charge on any atom is -0.478 e. The second-order valence-electron chi connectivity index (χ2n) is 6.31. The molecule has 0 radical (unpaired) electrons. The fraction of sp³-hybridized carbons (Fsp3) is 0.0455. The van der Waals surface area contributed by atoms with Crippen molar-refractivity contribution < 1.29 is 19.5 Å². The summed E-state index contributed by atoms with van der Waals surface area (Å²) in [5, 5.41) is 12.2. The maximum absolute atomic E-state index is 11.6. The first-order chi connectivity index (χ1) is 13.3. The van der Waals surface area contributed by atoms with Crippen LogP contribution in [0, 0.1) is 0 Å². The molecule has 4 N–H and O–H groups in total. The molecule has 0 heterocycles. The van der Waals surface area contributed by atoms with Crippen LogP contribution in [0.3, 0.4) is 0 Å². The fourth-order valence-electron chi connectivity index (χ4n) is 2.92. The molecule has 6 nitrogen and oxygen atoms in total. The number of carbonyl (C=O) groups is 3. The Labute approximate surface area is 161 Å². The largest absolute Gasteiger partial charge is 0.478 e. The highest BCUT2D eigenvalue weighted by Crippen LogP contribution is 2.30. The van der Waals surface area contributed by atoms with E-state index in [1.807, 2.05) is 12.1 Å². The number of rotatable bonds is 5. The lowest BCUT2D eigenvalue weighted by Gasteiger charge is -2.11. The Hall–Kier alpha value is -3.93. The van der Waals surface area contributed by atoms with E-state index in [0.29, 0.717) is 27.9 Å². The number of primary amides is 1. The van der Waals surface area contributed by atoms with E-state index in [-0.39, 0.29) is 11.5 Å². The molecule has 0 aromatic heterocycles. The first-order valence-electron chi connectivity index (χ1n) is 8.50. The highest BCUT2D eigenvalue weighted by molar-refractivity contribution is 5.96. The van der Waals surface area contributed by atoms with E-state index < -0.39 is 11.9 Å². The van der Waals surface area contributed by atoms with Crippen LogP contribution < -0.4 is 11.1 Å². The van der Waals surface area contributed by atoms with E-state index in [0.717, 1.165) is 5.56 Å². The zero-order valence-corrected chi connectivity index (χ0v) is 15.1. The second kappa shape index (κ2) is 7.75. The first-order valence-corrected chi connectivity index (χ1v) is 8.50. The van der Waals surface area contributed by atoms with Gasteiger partial charge in [-0.1, -0.05) is 24.3 Å². The molecule has 28 heavy (non-hydrogen) atoms. The number of carbonyl (C=O) groups excluding carboxylic acids is 2. The molecule has 2 amide bonds. The van der Waals surface area contributed by atoms with Gasteiger partial charge < -0.3 is 16.2 Å². The third-order valence-corrected chi connectivity index (χ3v) is 4.18. The van der Waals surface area contributed by atoms with Gasteiger partial charge in [-0.05, 0) is 64.7 Å². The molecule has 0 spiro atoms. The summed E-state index contributed by atoms with van der Waals surface area (Å²) in [5.74, 6) is -1.81. The number of hydrogen-bond acceptors (Lipinski definition) is 3. The van der Waals surface area contributed by atoms with Crippen LogP contribution in [-0.2, 0) is 4.79 Å². The monoisotopic (exact) mass is 374 g/mol. The number of carboxylic acids is 1. The van der Waals surface area contributed by atoms with Gasteiger partial charge >= 0.3 is 5.97 Å². The molecule has 3 rings (SSSR count). The molecule has 0 atom stereocenters. The molecular formula is C22H18N2O4. The third-order valence-electron chi connectivity index (χ3n) is 4.18. The van der Waals surface area contributed by atoms with Crippen molar-refractivity contribution >= 4 is 23.5 Å². The second-order valence-corrected chi connectivity index (χ2v) is 6.31. The average Bonchev–Trinajstić information content (AvgIpc) is 2.67. The number of benzene rings is 3. The number of nitrogens with two attached hydrogens (primary N) is 1. The Morgan fingerprint density at radius 3 is 1.93 bits per heavy atom. The zero-order chi connectivity index (χ0) is 20.3. The number of carboxylic acid groups (broad SMARTS) is 1. The van der Waals surface area contributed by atoms with Gasteiger partial charge in [-0.3, -0.25) is 9.59 Å². The van der Waals surface area contributed by atoms with Crippen LogP contribution in [0.5, 0.6) is 0 Å². The van der Waals surface area contributed by atoms with Crippen LogP contribution in [0.1, 0.15) is 27.6 Å². The van der Waals surface area contributed by atoms with Gasteiger partial charge in [-0.2, -0.15) is 0 Å². The molecule has 0 fully saturated rings. The number of anilines is 1. The van der Waals surface area contributed by atoms with Gasteiger partial charge in [0.2, 0.25) is 11.8 Å². The normalized spacial score (nSPS) is 10.3. The lowest BCUT2D eigenvalue weighted by molar-refractivity contribution is -0.114. The summed E-state index contributed by atoms with van der Waals surface area (Å²) in [7, 11) is 0. The SMILES string of the molecule is CC(=O)Nc1cccc(-c2cc(C(=O)O)cc(-c3cccc(C(N)=O)c3)c2)c1. The van der Waals surface area contributed by atoms with Crippen LogP contribution >= 0.6 is 0 Å². The lowest BCUT2D eigenvalue weighted by Crippen LogP contribution is -2.10. The van der Waals surface area contributed by atoms with Crippen molar-refractivity contribution in [3.05, 3.63) is 77.9 Å². The number of nitrogens with one attached hydrogen (secondary N) is 1. The van der Waals surface area contributed by atoms with E-state index in [9.17, 15) is 19.5 Å². The van der Waals surface area contributed by atoms with E-state index in [4.69, 9.17) is 5.73 Å². The standard InChI is InChI=1S/C22H18N2O4/c1-13(25)24-20-7-3-5-15(12-20)18-9-17(10-19(11-18)22(27)28)14-4-2-6-16(8-14)21(23)26/h2-12H,1H3,(H2,23,26)(H,24,25)(H,27,28). The van der Waals surface area contributed by atoms with Crippen LogP contribution in [0.15, 0.2) is 66.7 Å². The van der Waals surface area contributed by atoms with E-state index >= 15 is 0 Å². The molecule has 0 aliphatic rings. The van der Waals surface area contributed by atoms with Crippen LogP contribution in [0.4, 0.5) is 5.69 Å². The summed E-state index contributed by atoms with van der Waals surface area (Å²) < 4.78 is 0. The topological polar surface area (TPSA) is 109 Å². The Morgan fingerprint density at radius 2 is 1.36 bits per heavy atom. The predicted molar refractivity (Wildman–Crippen MR) is 107 cm³/mol. The predicted octanol–water partition coefficient (Wildman–Crippen LogP) is 3.78. The lowest BCUT2D eigenvalue weighted by atomic mass is 9.95. The molecule has 0 unspecified atom stereocenters. The van der Waals surface area contributed by atoms with E-state index in [2.05, 4.69) is 5.32 Å². The summed E-state index contributed by atoms with van der Waals surface area (Å²) in [6.07, 6.45) is 0. The molecule has 3 aromatic rings. The van der Waals surface area contributed by atoms with Crippen molar-refractivity contribution in [2.75, 3.05) is 5.32 Å². The zero-order valence-electron chi connectivity index (χ0n) is 15.1. The summed E-state index contributed by atoms with van der Waals surface area (Å²) >= 11 is 0. The molecule has 0 saturated carbocycles. The summed E-state index contributed by atoms with van der Waals surface area (Å²) in [4.78, 5) is 34.4. The van der Waals surface area contributed by atoms with Crippen LogP contribution in [-0.4, -0.2) is 22.9 Å². The molecule has 0 saturated heterocycles. The van der Waals surface area contributed by atoms with Gasteiger partial charge in [0.25, 0.3) is 0 Å². The number of aromatic carboxylic acids is 1. The van der Waals surface area contributed by atoms with Crippen molar-refractivity contribution in [2.24, 2.45) is 5.73 Å². The highest BCUT2D eigenvalue weighted by Gasteiger charge is 2.12. The quantitative estimate of drug-likeness (QED) is 0.631. The summed E-state index contributed by atoms with van der Waals surface area (Å²) in [6.45, 7) is 1.42. The van der Waals surface area contributed by atoms with Gasteiger partial charge in [0, 0.05) is 18.2 Å². The van der Waals surface area contributed by atoms with Crippen LogP contribution in [0.2, 0.25) is 0 Å². The molecule has 0 bridgehead atoms. The third kappa shape index (κ3) is 4.24. The minimum atomic E-state index is -1.06. The molecule has 0 aliphatic carbocycles. The van der Waals surface area contributed by atoms with Gasteiger partial charge in [0.05, 0.1) is 5.56 Å². The van der Waals surface area contributed by atoms with Crippen molar-refractivity contribution in [1.82, 2.24) is 0 Å². The maximum Gasteiger partial charge on any atom is 0.335 e. The Bertz CT molecular complexity index is 1090. The van der Waals surface area contributed by atoms with Crippen molar-refractivity contribution in [3.63, 3.8) is 0 Å². The highest BCUT2D eigenvalue weighted by atomic mass is 16.4. The van der Waals surface area contributed by atoms with Gasteiger partial charge in [-0.15, -0.1) is 0 Å². The number of hydrogen-bond donors (Lipinski definition) is 3. The molecule has 3 aromatic carbocycles. The fourth-order valence-corrected chi connectivity index (χ4v) is 2.92. The summed E-state index contributed by atoms with van der Waals surface area (Å²) in [5.41, 5.74) is 9.16. The van der Waals surface area contributed by atoms with Gasteiger partial charge in [0.1, 0.15) is 0 Å². The van der Waals surface area contributed by atoms with Gasteiger partial charge in [0.15, 0.2) is 0 Å². The number of amides is 2. The summed E-state index contributed by atoms with van der Waals surface area (Å²) in [6, 6.07) is 18.8. The molecular weight excluding hydrogens is 356 g/mol. The van der Waals surface area contributed by atoms with Crippen molar-refractivity contribution in [1.29, 1.82) is 0 Å². The van der Waals surface area contributed by atoms with E-state index in [1.165, 1.54) is 6.92 Å². The Morgan fingerprint density at radius 1 is 0.786 bits per heavy atom. The first kappa shape index (κ1) is 18.8. The maximum atomic E-state index is 11.6. The molecule has 6 heteroatoms. The molecule has 0 aliphatic heterocycles. The smallest absolute Gasteiger partial charge is 0.335 e. The Balaban J connectivity index is 2.13. The minimum absolute atomic E-state index is 0.113. The molecule has 140 valence electrons. The van der Waals surface area contributed by atoms with Crippen molar-refractivity contribution in [2.45, 2.75) is 6.92 Å². The van der Waals surface area contributed by atoms with Crippen LogP contribution in [0.25, 0.3) is 22.3 Å². The van der Waals surface area contributed by atoms with E-state index in [1.54, 1.807) is 54.6 Å².